The zero-order chi connectivity index (χ0) is 8.97. The van der Waals surface area contributed by atoms with Gasteiger partial charge in [0, 0.05) is 12.4 Å². The summed E-state index contributed by atoms with van der Waals surface area (Å²) in [7, 11) is 0. The van der Waals surface area contributed by atoms with Crippen LogP contribution in [0.5, 0.6) is 0 Å². The SMILES string of the molecule is [CH2]Cc1cncc(C(=O)NN)c1. The molecule has 0 saturated carbocycles. The summed E-state index contributed by atoms with van der Waals surface area (Å²) in [5, 5.41) is 0. The molecule has 1 radical (unpaired) electrons. The summed E-state index contributed by atoms with van der Waals surface area (Å²) in [5.74, 6) is 4.62. The zero-order valence-electron chi connectivity index (χ0n) is 6.58. The third-order valence-electron chi connectivity index (χ3n) is 1.48. The zero-order valence-corrected chi connectivity index (χ0v) is 6.58. The third kappa shape index (κ3) is 1.79. The van der Waals surface area contributed by atoms with E-state index in [1.165, 1.54) is 6.20 Å². The molecule has 1 amide bonds. The highest BCUT2D eigenvalue weighted by molar-refractivity contribution is 5.93. The fourth-order valence-corrected chi connectivity index (χ4v) is 0.832. The van der Waals surface area contributed by atoms with E-state index in [2.05, 4.69) is 11.9 Å². The Morgan fingerprint density at radius 3 is 3.00 bits per heavy atom. The van der Waals surface area contributed by atoms with Crippen molar-refractivity contribution in [1.82, 2.24) is 10.4 Å². The van der Waals surface area contributed by atoms with Gasteiger partial charge in [-0.15, -0.1) is 0 Å². The molecule has 0 aromatic carbocycles. The van der Waals surface area contributed by atoms with Crippen LogP contribution in [0.15, 0.2) is 18.5 Å². The molecule has 0 fully saturated rings. The smallest absolute Gasteiger partial charge is 0.266 e. The van der Waals surface area contributed by atoms with Crippen LogP contribution >= 0.6 is 0 Å². The fraction of sp³-hybridized carbons (Fsp3) is 0.125. The Kier molecular flexibility index (Phi) is 2.76. The van der Waals surface area contributed by atoms with Crippen LogP contribution in [0, 0.1) is 6.92 Å². The van der Waals surface area contributed by atoms with Gasteiger partial charge in [0.05, 0.1) is 5.56 Å². The fourth-order valence-electron chi connectivity index (χ4n) is 0.832. The Morgan fingerprint density at radius 2 is 2.42 bits per heavy atom. The first-order valence-corrected chi connectivity index (χ1v) is 3.52. The van der Waals surface area contributed by atoms with E-state index in [4.69, 9.17) is 5.84 Å². The Morgan fingerprint density at radius 1 is 1.67 bits per heavy atom. The van der Waals surface area contributed by atoms with Gasteiger partial charge in [0.2, 0.25) is 0 Å². The van der Waals surface area contributed by atoms with Crippen molar-refractivity contribution in [2.75, 3.05) is 0 Å². The third-order valence-corrected chi connectivity index (χ3v) is 1.48. The second-order valence-electron chi connectivity index (χ2n) is 2.31. The number of amides is 1. The quantitative estimate of drug-likeness (QED) is 0.369. The number of nitrogens with zero attached hydrogens (tertiary/aromatic N) is 1. The van der Waals surface area contributed by atoms with Crippen LogP contribution in [0.4, 0.5) is 0 Å². The molecule has 3 N–H and O–H groups in total. The summed E-state index contributed by atoms with van der Waals surface area (Å²) < 4.78 is 0. The van der Waals surface area contributed by atoms with Crippen molar-refractivity contribution in [3.8, 4) is 0 Å². The molecule has 0 atom stereocenters. The lowest BCUT2D eigenvalue weighted by Gasteiger charge is -2.00. The number of carbonyl (C=O) groups is 1. The Bertz CT molecular complexity index is 285. The van der Waals surface area contributed by atoms with Crippen molar-refractivity contribution in [2.45, 2.75) is 6.42 Å². The molecule has 0 saturated heterocycles. The number of hydrogen-bond acceptors (Lipinski definition) is 3. The van der Waals surface area contributed by atoms with Crippen molar-refractivity contribution < 1.29 is 4.79 Å². The van der Waals surface area contributed by atoms with Crippen LogP contribution in [0.1, 0.15) is 15.9 Å². The van der Waals surface area contributed by atoms with Crippen LogP contribution in [-0.4, -0.2) is 10.9 Å². The van der Waals surface area contributed by atoms with Crippen LogP contribution in [0.2, 0.25) is 0 Å². The molecule has 0 aliphatic carbocycles. The van der Waals surface area contributed by atoms with Gasteiger partial charge >= 0.3 is 0 Å². The number of pyridine rings is 1. The first-order chi connectivity index (χ1) is 5.77. The lowest BCUT2D eigenvalue weighted by molar-refractivity contribution is 0.0953. The highest BCUT2D eigenvalue weighted by Gasteiger charge is 2.03. The molecular weight excluding hydrogens is 154 g/mol. The van der Waals surface area contributed by atoms with E-state index in [1.54, 1.807) is 12.3 Å². The van der Waals surface area contributed by atoms with Gasteiger partial charge in [0.25, 0.3) is 5.91 Å². The first-order valence-electron chi connectivity index (χ1n) is 3.52. The maximum Gasteiger partial charge on any atom is 0.266 e. The molecule has 0 bridgehead atoms. The van der Waals surface area contributed by atoms with E-state index in [1.807, 2.05) is 5.43 Å². The van der Waals surface area contributed by atoms with Gasteiger partial charge in [-0.25, -0.2) is 5.84 Å². The summed E-state index contributed by atoms with van der Waals surface area (Å²) in [6, 6.07) is 1.71. The van der Waals surface area contributed by atoms with Gasteiger partial charge in [0.15, 0.2) is 0 Å². The number of aromatic nitrogens is 1. The van der Waals surface area contributed by atoms with Gasteiger partial charge in [-0.05, 0) is 25.0 Å². The molecule has 1 aromatic heterocycles. The van der Waals surface area contributed by atoms with E-state index in [0.29, 0.717) is 12.0 Å². The summed E-state index contributed by atoms with van der Waals surface area (Å²) in [5.41, 5.74) is 3.40. The molecule has 4 nitrogen and oxygen atoms in total. The summed E-state index contributed by atoms with van der Waals surface area (Å²) in [4.78, 5) is 14.9. The minimum absolute atomic E-state index is 0.335. The van der Waals surface area contributed by atoms with Crippen LogP contribution in [0.25, 0.3) is 0 Å². The average molecular weight is 164 g/mol. The number of nitrogen functional groups attached to an aromatic ring is 1. The second kappa shape index (κ2) is 3.82. The number of hydrogen-bond donors (Lipinski definition) is 2. The monoisotopic (exact) mass is 164 g/mol. The van der Waals surface area contributed by atoms with E-state index < -0.39 is 0 Å². The van der Waals surface area contributed by atoms with Crippen LogP contribution < -0.4 is 11.3 Å². The molecule has 63 valence electrons. The average Bonchev–Trinajstić information content (AvgIpc) is 2.17. The Labute approximate surface area is 70.8 Å². The highest BCUT2D eigenvalue weighted by Crippen LogP contribution is 2.02. The van der Waals surface area contributed by atoms with Gasteiger partial charge in [-0.2, -0.15) is 0 Å². The number of nitrogens with one attached hydrogen (secondary N) is 1. The van der Waals surface area contributed by atoms with Gasteiger partial charge < -0.3 is 0 Å². The second-order valence-corrected chi connectivity index (χ2v) is 2.31. The first kappa shape index (κ1) is 8.67. The van der Waals surface area contributed by atoms with Crippen LogP contribution in [0.3, 0.4) is 0 Å². The molecule has 0 unspecified atom stereocenters. The Balaban J connectivity index is 2.93. The van der Waals surface area contributed by atoms with Gasteiger partial charge in [0.1, 0.15) is 0 Å². The standard InChI is InChI=1S/C8H10N3O/c1-2-6-3-7(5-10-4-6)8(12)11-9/h3-5H,1-2,9H2,(H,11,12). The van der Waals surface area contributed by atoms with Gasteiger partial charge in [-0.3, -0.25) is 15.2 Å². The topological polar surface area (TPSA) is 68.0 Å². The van der Waals surface area contributed by atoms with Crippen molar-refractivity contribution in [3.63, 3.8) is 0 Å². The minimum Gasteiger partial charge on any atom is -0.290 e. The van der Waals surface area contributed by atoms with Crippen molar-refractivity contribution in [3.05, 3.63) is 36.5 Å². The number of hydrazine groups is 1. The molecule has 12 heavy (non-hydrogen) atoms. The molecule has 0 spiro atoms. The van der Waals surface area contributed by atoms with E-state index in [0.717, 1.165) is 5.56 Å². The Hall–Kier alpha value is -1.42. The van der Waals surface area contributed by atoms with Crippen molar-refractivity contribution in [2.24, 2.45) is 5.84 Å². The predicted molar refractivity (Wildman–Crippen MR) is 45.0 cm³/mol. The normalized spacial score (nSPS) is 9.50. The summed E-state index contributed by atoms with van der Waals surface area (Å²) >= 11 is 0. The molecule has 1 heterocycles. The number of carbonyl (C=O) groups excluding carboxylic acids is 1. The van der Waals surface area contributed by atoms with E-state index in [9.17, 15) is 4.79 Å². The summed E-state index contributed by atoms with van der Waals surface area (Å²) in [6.45, 7) is 3.68. The molecule has 1 rings (SSSR count). The molecular formula is C8H10N3O. The van der Waals surface area contributed by atoms with Crippen molar-refractivity contribution in [1.29, 1.82) is 0 Å². The molecule has 4 heteroatoms. The van der Waals surface area contributed by atoms with Crippen molar-refractivity contribution >= 4 is 5.91 Å². The van der Waals surface area contributed by atoms with E-state index in [-0.39, 0.29) is 5.91 Å². The maximum absolute atomic E-state index is 11.0. The van der Waals surface area contributed by atoms with Crippen LogP contribution in [-0.2, 0) is 6.42 Å². The van der Waals surface area contributed by atoms with E-state index >= 15 is 0 Å². The maximum atomic E-state index is 11.0. The highest BCUT2D eigenvalue weighted by atomic mass is 16.2. The lowest BCUT2D eigenvalue weighted by Crippen LogP contribution is -2.30. The van der Waals surface area contributed by atoms with Gasteiger partial charge in [-0.1, -0.05) is 0 Å². The minimum atomic E-state index is -0.335. The lowest BCUT2D eigenvalue weighted by atomic mass is 10.1. The largest absolute Gasteiger partial charge is 0.290 e. The summed E-state index contributed by atoms with van der Waals surface area (Å²) in [6.07, 6.45) is 3.74. The number of rotatable bonds is 2. The molecule has 0 aliphatic rings. The molecule has 1 aromatic rings. The predicted octanol–water partition coefficient (Wildman–Crippen LogP) is 0.0617. The number of nitrogens with two attached hydrogens (primary N) is 1. The molecule has 0 aliphatic heterocycles.